The molecule has 0 atom stereocenters. The number of anilines is 2. The number of aryl methyl sites for hydroxylation is 1. The number of carbonyl (C=O) groups is 2. The molecule has 0 unspecified atom stereocenters. The van der Waals surface area contributed by atoms with E-state index >= 15 is 0 Å². The van der Waals surface area contributed by atoms with Crippen molar-refractivity contribution in [2.75, 3.05) is 24.3 Å². The fourth-order valence-corrected chi connectivity index (χ4v) is 2.93. The van der Waals surface area contributed by atoms with Crippen LogP contribution in [0.15, 0.2) is 66.7 Å². The zero-order chi connectivity index (χ0) is 20.3. The monoisotopic (exact) mass is 374 g/mol. The largest absolute Gasteiger partial charge is 0.478 e. The van der Waals surface area contributed by atoms with Gasteiger partial charge in [0.05, 0.1) is 5.56 Å². The zero-order valence-corrected chi connectivity index (χ0v) is 16.1. The Morgan fingerprint density at radius 3 is 2.25 bits per heavy atom. The van der Waals surface area contributed by atoms with Gasteiger partial charge < -0.3 is 15.3 Å². The van der Waals surface area contributed by atoms with Crippen molar-refractivity contribution in [3.63, 3.8) is 0 Å². The van der Waals surface area contributed by atoms with Crippen molar-refractivity contribution in [3.8, 4) is 11.1 Å². The number of carboxylic acids is 1. The zero-order valence-electron chi connectivity index (χ0n) is 16.1. The average molecular weight is 374 g/mol. The lowest BCUT2D eigenvalue weighted by atomic mass is 9.98. The van der Waals surface area contributed by atoms with Crippen molar-refractivity contribution in [1.82, 2.24) is 0 Å². The van der Waals surface area contributed by atoms with Gasteiger partial charge in [-0.15, -0.1) is 0 Å². The van der Waals surface area contributed by atoms with Crippen LogP contribution in [-0.2, 0) is 0 Å². The standard InChI is InChI=1S/C23H22N2O3/c1-15-7-12-19(14-21(15)16-8-10-17(11-9-16)23(27)28)24-22(26)18-5-4-6-20(13-18)25(2)3/h4-14H,1-3H3,(H,24,26)(H,27,28). The summed E-state index contributed by atoms with van der Waals surface area (Å²) in [6, 6.07) is 19.8. The molecular weight excluding hydrogens is 352 g/mol. The Kier molecular flexibility index (Phi) is 5.45. The minimum atomic E-state index is -0.954. The van der Waals surface area contributed by atoms with Crippen LogP contribution >= 0.6 is 0 Å². The van der Waals surface area contributed by atoms with E-state index in [2.05, 4.69) is 5.32 Å². The summed E-state index contributed by atoms with van der Waals surface area (Å²) in [4.78, 5) is 25.6. The molecule has 3 aromatic rings. The normalized spacial score (nSPS) is 10.4. The second-order valence-electron chi connectivity index (χ2n) is 6.81. The maximum Gasteiger partial charge on any atom is 0.335 e. The molecule has 0 aliphatic heterocycles. The van der Waals surface area contributed by atoms with E-state index < -0.39 is 5.97 Å². The molecule has 28 heavy (non-hydrogen) atoms. The smallest absolute Gasteiger partial charge is 0.335 e. The lowest BCUT2D eigenvalue weighted by Crippen LogP contribution is -2.14. The molecule has 3 aromatic carbocycles. The van der Waals surface area contributed by atoms with E-state index in [1.54, 1.807) is 30.3 Å². The maximum absolute atomic E-state index is 12.6. The third kappa shape index (κ3) is 4.20. The number of aromatic carboxylic acids is 1. The highest BCUT2D eigenvalue weighted by molar-refractivity contribution is 6.05. The van der Waals surface area contributed by atoms with Crippen LogP contribution in [0.3, 0.4) is 0 Å². The topological polar surface area (TPSA) is 69.6 Å². The summed E-state index contributed by atoms with van der Waals surface area (Å²) in [5.41, 5.74) is 5.34. The number of amides is 1. The number of nitrogens with one attached hydrogen (secondary N) is 1. The van der Waals surface area contributed by atoms with E-state index in [1.807, 2.05) is 62.3 Å². The van der Waals surface area contributed by atoms with Crippen LogP contribution in [-0.4, -0.2) is 31.1 Å². The number of nitrogens with zero attached hydrogens (tertiary/aromatic N) is 1. The van der Waals surface area contributed by atoms with E-state index in [0.717, 1.165) is 22.4 Å². The van der Waals surface area contributed by atoms with E-state index in [1.165, 1.54) is 0 Å². The summed E-state index contributed by atoms with van der Waals surface area (Å²) < 4.78 is 0. The van der Waals surface area contributed by atoms with Crippen LogP contribution in [0, 0.1) is 6.92 Å². The molecule has 0 spiro atoms. The van der Waals surface area contributed by atoms with Crippen molar-refractivity contribution < 1.29 is 14.7 Å². The molecule has 3 rings (SSSR count). The highest BCUT2D eigenvalue weighted by Gasteiger charge is 2.10. The highest BCUT2D eigenvalue weighted by atomic mass is 16.4. The van der Waals surface area contributed by atoms with E-state index in [4.69, 9.17) is 5.11 Å². The Morgan fingerprint density at radius 1 is 0.893 bits per heavy atom. The number of benzene rings is 3. The molecule has 0 aromatic heterocycles. The SMILES string of the molecule is Cc1ccc(NC(=O)c2cccc(N(C)C)c2)cc1-c1ccc(C(=O)O)cc1. The van der Waals surface area contributed by atoms with Crippen molar-refractivity contribution >= 4 is 23.3 Å². The predicted molar refractivity (Wildman–Crippen MR) is 112 cm³/mol. The van der Waals surface area contributed by atoms with E-state index in [-0.39, 0.29) is 11.5 Å². The van der Waals surface area contributed by atoms with Gasteiger partial charge >= 0.3 is 5.97 Å². The molecule has 0 aliphatic carbocycles. The lowest BCUT2D eigenvalue weighted by Gasteiger charge is -2.14. The predicted octanol–water partition coefficient (Wildman–Crippen LogP) is 4.68. The minimum absolute atomic E-state index is 0.181. The van der Waals surface area contributed by atoms with Crippen LogP contribution in [0.4, 0.5) is 11.4 Å². The van der Waals surface area contributed by atoms with Crippen LogP contribution in [0.5, 0.6) is 0 Å². The molecule has 5 nitrogen and oxygen atoms in total. The van der Waals surface area contributed by atoms with Gasteiger partial charge in [-0.2, -0.15) is 0 Å². The van der Waals surface area contributed by atoms with Crippen molar-refractivity contribution in [3.05, 3.63) is 83.4 Å². The van der Waals surface area contributed by atoms with E-state index in [9.17, 15) is 9.59 Å². The fourth-order valence-electron chi connectivity index (χ4n) is 2.93. The maximum atomic E-state index is 12.6. The molecule has 0 aliphatic rings. The van der Waals surface area contributed by atoms with Crippen molar-refractivity contribution in [1.29, 1.82) is 0 Å². The van der Waals surface area contributed by atoms with Gasteiger partial charge in [0.1, 0.15) is 0 Å². The molecule has 0 saturated carbocycles. The molecule has 142 valence electrons. The summed E-state index contributed by atoms with van der Waals surface area (Å²) in [7, 11) is 3.86. The van der Waals surface area contributed by atoms with Gasteiger partial charge in [-0.3, -0.25) is 4.79 Å². The fraction of sp³-hybridized carbons (Fsp3) is 0.130. The Balaban J connectivity index is 1.86. The summed E-state index contributed by atoms with van der Waals surface area (Å²) in [5.74, 6) is -1.14. The third-order valence-electron chi connectivity index (χ3n) is 4.56. The quantitative estimate of drug-likeness (QED) is 0.680. The summed E-state index contributed by atoms with van der Waals surface area (Å²) in [6.07, 6.45) is 0. The van der Waals surface area contributed by atoms with Crippen molar-refractivity contribution in [2.45, 2.75) is 6.92 Å². The van der Waals surface area contributed by atoms with Gasteiger partial charge in [0.25, 0.3) is 5.91 Å². The summed E-state index contributed by atoms with van der Waals surface area (Å²) >= 11 is 0. The molecule has 0 saturated heterocycles. The van der Waals surface area contributed by atoms with E-state index in [0.29, 0.717) is 11.3 Å². The molecule has 5 heteroatoms. The summed E-state index contributed by atoms with van der Waals surface area (Å²) in [5, 5.41) is 12.0. The van der Waals surface area contributed by atoms with Crippen LogP contribution in [0.1, 0.15) is 26.3 Å². The molecule has 0 fully saturated rings. The molecular formula is C23H22N2O3. The number of hydrogen-bond donors (Lipinski definition) is 2. The summed E-state index contributed by atoms with van der Waals surface area (Å²) in [6.45, 7) is 1.98. The Morgan fingerprint density at radius 2 is 1.61 bits per heavy atom. The van der Waals surface area contributed by atoms with Crippen molar-refractivity contribution in [2.24, 2.45) is 0 Å². The van der Waals surface area contributed by atoms with Gasteiger partial charge in [-0.1, -0.05) is 24.3 Å². The number of rotatable bonds is 5. The lowest BCUT2D eigenvalue weighted by molar-refractivity contribution is 0.0696. The second-order valence-corrected chi connectivity index (χ2v) is 6.81. The number of hydrogen-bond acceptors (Lipinski definition) is 3. The van der Waals surface area contributed by atoms with Gasteiger partial charge in [0.15, 0.2) is 0 Å². The molecule has 0 heterocycles. The van der Waals surface area contributed by atoms with Gasteiger partial charge in [0, 0.05) is 31.0 Å². The molecule has 0 radical (unpaired) electrons. The minimum Gasteiger partial charge on any atom is -0.478 e. The second kappa shape index (κ2) is 7.96. The van der Waals surface area contributed by atoms with Crippen LogP contribution in [0.25, 0.3) is 11.1 Å². The average Bonchev–Trinajstić information content (AvgIpc) is 2.69. The Labute approximate surface area is 164 Å². The Hall–Kier alpha value is -3.60. The number of carbonyl (C=O) groups excluding carboxylic acids is 1. The molecule has 0 bridgehead atoms. The molecule has 1 amide bonds. The Bertz CT molecular complexity index is 1020. The molecule has 2 N–H and O–H groups in total. The van der Waals surface area contributed by atoms with Gasteiger partial charge in [-0.25, -0.2) is 4.79 Å². The number of carboxylic acid groups (broad SMARTS) is 1. The van der Waals surface area contributed by atoms with Crippen LogP contribution in [0.2, 0.25) is 0 Å². The first-order chi connectivity index (χ1) is 13.3. The first-order valence-corrected chi connectivity index (χ1v) is 8.88. The third-order valence-corrected chi connectivity index (χ3v) is 4.56. The first-order valence-electron chi connectivity index (χ1n) is 8.88. The van der Waals surface area contributed by atoms with Gasteiger partial charge in [0.2, 0.25) is 0 Å². The first kappa shape index (κ1) is 19.2. The highest BCUT2D eigenvalue weighted by Crippen LogP contribution is 2.27. The van der Waals surface area contributed by atoms with Gasteiger partial charge in [-0.05, 0) is 66.1 Å². The van der Waals surface area contributed by atoms with Crippen LogP contribution < -0.4 is 10.2 Å².